The molecule has 26 heavy (non-hydrogen) atoms. The van der Waals surface area contributed by atoms with Gasteiger partial charge in [-0.25, -0.2) is 0 Å². The van der Waals surface area contributed by atoms with Crippen molar-refractivity contribution in [3.8, 4) is 5.75 Å². The van der Waals surface area contributed by atoms with Crippen molar-refractivity contribution in [3.05, 3.63) is 69.5 Å². The number of thioether (sulfide) groups is 1. The molecule has 0 amide bonds. The lowest BCUT2D eigenvalue weighted by atomic mass is 10.1. The number of halogens is 1. The molecule has 0 bridgehead atoms. The normalized spacial score (nSPS) is 10.9. The highest BCUT2D eigenvalue weighted by Gasteiger charge is 2.13. The third-order valence-electron chi connectivity index (χ3n) is 4.30. The first kappa shape index (κ1) is 19.0. The molecule has 0 aliphatic rings. The molecule has 4 nitrogen and oxygen atoms in total. The molecule has 0 aliphatic carbocycles. The van der Waals surface area contributed by atoms with E-state index >= 15 is 0 Å². The second-order valence-corrected chi connectivity index (χ2v) is 7.90. The van der Waals surface area contributed by atoms with E-state index in [9.17, 15) is 0 Å². The van der Waals surface area contributed by atoms with Crippen LogP contribution in [-0.2, 0) is 18.9 Å². The lowest BCUT2D eigenvalue weighted by molar-refractivity contribution is 0.286. The summed E-state index contributed by atoms with van der Waals surface area (Å²) < 4.78 is 9.21. The molecule has 1 aromatic heterocycles. The first-order chi connectivity index (χ1) is 12.6. The molecular formula is C20H22BrN3OS. The zero-order valence-electron chi connectivity index (χ0n) is 15.2. The van der Waals surface area contributed by atoms with Crippen molar-refractivity contribution >= 4 is 27.7 Å². The van der Waals surface area contributed by atoms with Crippen molar-refractivity contribution in [3.63, 3.8) is 0 Å². The average molecular weight is 432 g/mol. The first-order valence-corrected chi connectivity index (χ1v) is 10.3. The maximum atomic E-state index is 6.00. The molecule has 0 saturated carbocycles. The molecule has 2 aromatic carbocycles. The quantitative estimate of drug-likeness (QED) is 0.459. The molecule has 0 spiro atoms. The van der Waals surface area contributed by atoms with E-state index in [4.69, 9.17) is 4.74 Å². The minimum absolute atomic E-state index is 0.421. The summed E-state index contributed by atoms with van der Waals surface area (Å²) in [6, 6.07) is 14.5. The Balaban J connectivity index is 1.67. The van der Waals surface area contributed by atoms with Gasteiger partial charge in [-0.15, -0.1) is 10.2 Å². The van der Waals surface area contributed by atoms with Crippen molar-refractivity contribution in [2.45, 2.75) is 44.8 Å². The summed E-state index contributed by atoms with van der Waals surface area (Å²) in [5.41, 5.74) is 3.65. The highest BCUT2D eigenvalue weighted by molar-refractivity contribution is 9.10. The third kappa shape index (κ3) is 4.48. The topological polar surface area (TPSA) is 39.9 Å². The zero-order chi connectivity index (χ0) is 18.5. The van der Waals surface area contributed by atoms with Crippen molar-refractivity contribution in [2.24, 2.45) is 0 Å². The Kier molecular flexibility index (Phi) is 6.38. The number of benzene rings is 2. The SMILES string of the molecule is CCn1c(COc2cccc(C)c2C)nnc1SCc1ccc(Br)cc1. The number of hydrogen-bond acceptors (Lipinski definition) is 4. The van der Waals surface area contributed by atoms with Gasteiger partial charge in [0, 0.05) is 16.8 Å². The molecule has 0 radical (unpaired) electrons. The first-order valence-electron chi connectivity index (χ1n) is 8.56. The Morgan fingerprint density at radius 3 is 2.58 bits per heavy atom. The summed E-state index contributed by atoms with van der Waals surface area (Å²) in [4.78, 5) is 0. The van der Waals surface area contributed by atoms with Crippen molar-refractivity contribution in [1.29, 1.82) is 0 Å². The average Bonchev–Trinajstić information content (AvgIpc) is 3.04. The molecule has 0 atom stereocenters. The van der Waals surface area contributed by atoms with E-state index in [0.29, 0.717) is 6.61 Å². The molecule has 0 fully saturated rings. The van der Waals surface area contributed by atoms with Crippen LogP contribution < -0.4 is 4.74 Å². The largest absolute Gasteiger partial charge is 0.485 e. The smallest absolute Gasteiger partial charge is 0.191 e. The Morgan fingerprint density at radius 2 is 1.85 bits per heavy atom. The molecule has 0 saturated heterocycles. The predicted molar refractivity (Wildman–Crippen MR) is 110 cm³/mol. The van der Waals surface area contributed by atoms with Gasteiger partial charge in [-0.3, -0.25) is 0 Å². The number of nitrogens with zero attached hydrogens (tertiary/aromatic N) is 3. The van der Waals surface area contributed by atoms with Crippen LogP contribution in [0.3, 0.4) is 0 Å². The van der Waals surface area contributed by atoms with Crippen LogP contribution in [0.25, 0.3) is 0 Å². The van der Waals surface area contributed by atoms with Gasteiger partial charge in [0.15, 0.2) is 11.0 Å². The highest BCUT2D eigenvalue weighted by atomic mass is 79.9. The highest BCUT2D eigenvalue weighted by Crippen LogP contribution is 2.25. The maximum Gasteiger partial charge on any atom is 0.191 e. The summed E-state index contributed by atoms with van der Waals surface area (Å²) in [5, 5.41) is 9.62. The maximum absolute atomic E-state index is 6.00. The third-order valence-corrected chi connectivity index (χ3v) is 5.87. The van der Waals surface area contributed by atoms with Gasteiger partial charge in [-0.2, -0.15) is 0 Å². The molecule has 6 heteroatoms. The minimum Gasteiger partial charge on any atom is -0.485 e. The predicted octanol–water partition coefficient (Wildman–Crippen LogP) is 5.55. The van der Waals surface area contributed by atoms with Gasteiger partial charge in [0.2, 0.25) is 0 Å². The fourth-order valence-electron chi connectivity index (χ4n) is 2.60. The second-order valence-electron chi connectivity index (χ2n) is 6.04. The molecule has 0 N–H and O–H groups in total. The van der Waals surface area contributed by atoms with Crippen LogP contribution in [0.4, 0.5) is 0 Å². The van der Waals surface area contributed by atoms with Crippen LogP contribution in [0.5, 0.6) is 5.75 Å². The molecule has 0 aliphatic heterocycles. The van der Waals surface area contributed by atoms with Gasteiger partial charge < -0.3 is 9.30 Å². The van der Waals surface area contributed by atoms with Crippen molar-refractivity contribution in [2.75, 3.05) is 0 Å². The van der Waals surface area contributed by atoms with Crippen molar-refractivity contribution in [1.82, 2.24) is 14.8 Å². The fraction of sp³-hybridized carbons (Fsp3) is 0.300. The van der Waals surface area contributed by atoms with E-state index in [2.05, 4.69) is 81.8 Å². The second kappa shape index (κ2) is 8.73. The van der Waals surface area contributed by atoms with Gasteiger partial charge >= 0.3 is 0 Å². The van der Waals surface area contributed by atoms with E-state index < -0.39 is 0 Å². The van der Waals surface area contributed by atoms with E-state index in [1.54, 1.807) is 11.8 Å². The van der Waals surface area contributed by atoms with E-state index in [-0.39, 0.29) is 0 Å². The number of aromatic nitrogens is 3. The minimum atomic E-state index is 0.421. The fourth-order valence-corrected chi connectivity index (χ4v) is 3.84. The molecule has 3 rings (SSSR count). The van der Waals surface area contributed by atoms with Gasteiger partial charge in [-0.1, -0.05) is 52.0 Å². The van der Waals surface area contributed by atoms with E-state index in [0.717, 1.165) is 33.5 Å². The Bertz CT molecular complexity index is 877. The van der Waals surface area contributed by atoms with Crippen LogP contribution in [0.1, 0.15) is 29.4 Å². The van der Waals surface area contributed by atoms with Gasteiger partial charge in [-0.05, 0) is 55.7 Å². The van der Waals surface area contributed by atoms with Crippen LogP contribution in [0.2, 0.25) is 0 Å². The number of ether oxygens (including phenoxy) is 1. The molecule has 1 heterocycles. The summed E-state index contributed by atoms with van der Waals surface area (Å²) in [7, 11) is 0. The molecular weight excluding hydrogens is 410 g/mol. The monoisotopic (exact) mass is 431 g/mol. The Labute approximate surface area is 167 Å². The van der Waals surface area contributed by atoms with Crippen LogP contribution in [0.15, 0.2) is 52.1 Å². The summed E-state index contributed by atoms with van der Waals surface area (Å²) in [6.45, 7) is 7.52. The van der Waals surface area contributed by atoms with E-state index in [1.165, 1.54) is 16.7 Å². The van der Waals surface area contributed by atoms with Crippen LogP contribution in [0, 0.1) is 13.8 Å². The Hall–Kier alpha value is -1.79. The number of hydrogen-bond donors (Lipinski definition) is 0. The lowest BCUT2D eigenvalue weighted by Crippen LogP contribution is -2.07. The number of rotatable bonds is 7. The Morgan fingerprint density at radius 1 is 1.08 bits per heavy atom. The van der Waals surface area contributed by atoms with Gasteiger partial charge in [0.25, 0.3) is 0 Å². The summed E-state index contributed by atoms with van der Waals surface area (Å²) in [5.74, 6) is 2.62. The summed E-state index contributed by atoms with van der Waals surface area (Å²) in [6.07, 6.45) is 0. The summed E-state index contributed by atoms with van der Waals surface area (Å²) >= 11 is 5.16. The standard InChI is InChI=1S/C20H22BrN3OS/c1-4-24-19(12-25-18-7-5-6-14(2)15(18)3)22-23-20(24)26-13-16-8-10-17(21)11-9-16/h5-11H,4,12-13H2,1-3H3. The zero-order valence-corrected chi connectivity index (χ0v) is 17.6. The lowest BCUT2D eigenvalue weighted by Gasteiger charge is -2.11. The van der Waals surface area contributed by atoms with Crippen LogP contribution >= 0.6 is 27.7 Å². The molecule has 3 aromatic rings. The molecule has 0 unspecified atom stereocenters. The van der Waals surface area contributed by atoms with Crippen LogP contribution in [-0.4, -0.2) is 14.8 Å². The molecule has 136 valence electrons. The number of aryl methyl sites for hydroxylation is 1. The van der Waals surface area contributed by atoms with Gasteiger partial charge in [0.05, 0.1) is 0 Å². The van der Waals surface area contributed by atoms with Crippen molar-refractivity contribution < 1.29 is 4.74 Å². The van der Waals surface area contributed by atoms with E-state index in [1.807, 2.05) is 12.1 Å². The van der Waals surface area contributed by atoms with Gasteiger partial charge in [0.1, 0.15) is 12.4 Å².